The molecule has 2 N–H and O–H groups in total. The van der Waals surface area contributed by atoms with E-state index in [2.05, 4.69) is 40.7 Å². The van der Waals surface area contributed by atoms with E-state index in [0.717, 1.165) is 36.6 Å². The van der Waals surface area contributed by atoms with Crippen molar-refractivity contribution >= 4 is 12.1 Å². The first-order chi connectivity index (χ1) is 15.3. The first-order valence-electron chi connectivity index (χ1n) is 11.6. The molecule has 2 rings (SSSR count). The third-order valence-corrected chi connectivity index (χ3v) is 4.79. The molecular weight excluding hydrogens is 408 g/mol. The van der Waals surface area contributed by atoms with Gasteiger partial charge in [0.15, 0.2) is 5.96 Å². The van der Waals surface area contributed by atoms with Crippen LogP contribution >= 0.6 is 0 Å². The number of nitrogens with zero attached hydrogens (tertiary/aromatic N) is 2. The molecule has 1 aliphatic rings. The van der Waals surface area contributed by atoms with Crippen molar-refractivity contribution in [2.45, 2.75) is 65.8 Å². The molecule has 1 heterocycles. The lowest BCUT2D eigenvalue weighted by Crippen LogP contribution is -2.44. The summed E-state index contributed by atoms with van der Waals surface area (Å²) in [6, 6.07) is 8.35. The van der Waals surface area contributed by atoms with Crippen molar-refractivity contribution in [3.05, 3.63) is 35.4 Å². The molecule has 1 fully saturated rings. The molecule has 1 aliphatic heterocycles. The lowest BCUT2D eigenvalue weighted by molar-refractivity contribution is 0.0453. The molecule has 8 nitrogen and oxygen atoms in total. The lowest BCUT2D eigenvalue weighted by atomic mass is 10.1. The Hall–Kier alpha value is -2.32. The summed E-state index contributed by atoms with van der Waals surface area (Å²) in [5, 5.41) is 6.34. The van der Waals surface area contributed by atoms with Gasteiger partial charge in [0.05, 0.1) is 32.4 Å². The average Bonchev–Trinajstić information content (AvgIpc) is 3.18. The van der Waals surface area contributed by atoms with Gasteiger partial charge in [0.1, 0.15) is 5.60 Å². The van der Waals surface area contributed by atoms with Crippen molar-refractivity contribution in [3.63, 3.8) is 0 Å². The number of carbonyl (C=O) groups excluding carboxylic acids is 1. The van der Waals surface area contributed by atoms with Gasteiger partial charge in [-0.15, -0.1) is 0 Å². The van der Waals surface area contributed by atoms with Crippen molar-refractivity contribution in [2.75, 3.05) is 39.5 Å². The molecule has 1 saturated heterocycles. The van der Waals surface area contributed by atoms with Crippen LogP contribution in [0.25, 0.3) is 0 Å². The van der Waals surface area contributed by atoms with Gasteiger partial charge >= 0.3 is 6.09 Å². The van der Waals surface area contributed by atoms with E-state index in [0.29, 0.717) is 39.5 Å². The van der Waals surface area contributed by atoms with E-state index in [1.807, 2.05) is 33.8 Å². The van der Waals surface area contributed by atoms with Gasteiger partial charge in [-0.25, -0.2) is 9.79 Å². The summed E-state index contributed by atoms with van der Waals surface area (Å²) in [6.07, 6.45) is 0.490. The fourth-order valence-corrected chi connectivity index (χ4v) is 3.41. The number of aliphatic imine (C=N–C) groups is 1. The molecule has 0 spiro atoms. The lowest BCUT2D eigenvalue weighted by Gasteiger charge is -2.23. The first kappa shape index (κ1) is 25.9. The number of carbonyl (C=O) groups is 1. The fourth-order valence-electron chi connectivity index (χ4n) is 3.41. The van der Waals surface area contributed by atoms with E-state index in [4.69, 9.17) is 19.2 Å². The maximum absolute atomic E-state index is 12.1. The normalized spacial score (nSPS) is 16.8. The molecule has 180 valence electrons. The van der Waals surface area contributed by atoms with E-state index < -0.39 is 5.60 Å². The Bertz CT molecular complexity index is 733. The molecule has 32 heavy (non-hydrogen) atoms. The van der Waals surface area contributed by atoms with Crippen LogP contribution in [0.3, 0.4) is 0 Å². The molecule has 0 radical (unpaired) electrons. The minimum absolute atomic E-state index is 0.0471. The van der Waals surface area contributed by atoms with Crippen molar-refractivity contribution in [1.82, 2.24) is 15.5 Å². The summed E-state index contributed by atoms with van der Waals surface area (Å²) in [4.78, 5) is 19.1. The van der Waals surface area contributed by atoms with E-state index in [-0.39, 0.29) is 12.1 Å². The number of hydrogen-bond acceptors (Lipinski definition) is 5. The molecule has 1 amide bonds. The minimum Gasteiger partial charge on any atom is -0.444 e. The highest BCUT2D eigenvalue weighted by Gasteiger charge is 2.27. The SMILES string of the molecule is CCNC(=NCc1cccc(COCCOCC)c1)N1CCC(NC(=O)OC(C)(C)C)C1. The van der Waals surface area contributed by atoms with E-state index >= 15 is 0 Å². The average molecular weight is 449 g/mol. The van der Waals surface area contributed by atoms with Crippen molar-refractivity contribution in [1.29, 1.82) is 0 Å². The van der Waals surface area contributed by atoms with Gasteiger partial charge in [-0.2, -0.15) is 0 Å². The van der Waals surface area contributed by atoms with Gasteiger partial charge in [-0.1, -0.05) is 24.3 Å². The van der Waals surface area contributed by atoms with Crippen molar-refractivity contribution in [2.24, 2.45) is 4.99 Å². The summed E-state index contributed by atoms with van der Waals surface area (Å²) in [5.41, 5.74) is 1.76. The predicted octanol–water partition coefficient (Wildman–Crippen LogP) is 3.30. The van der Waals surface area contributed by atoms with Gasteiger partial charge < -0.3 is 29.7 Å². The topological polar surface area (TPSA) is 84.4 Å². The molecule has 0 aliphatic carbocycles. The number of likely N-dealkylation sites (tertiary alicyclic amines) is 1. The van der Waals surface area contributed by atoms with Crippen molar-refractivity contribution in [3.8, 4) is 0 Å². The second kappa shape index (κ2) is 13.3. The van der Waals surface area contributed by atoms with Crippen LogP contribution in [-0.2, 0) is 27.4 Å². The Kier molecular flexibility index (Phi) is 10.8. The summed E-state index contributed by atoms with van der Waals surface area (Å²) in [6.45, 7) is 15.0. The number of amides is 1. The summed E-state index contributed by atoms with van der Waals surface area (Å²) >= 11 is 0. The molecule has 1 unspecified atom stereocenters. The summed E-state index contributed by atoms with van der Waals surface area (Å²) in [7, 11) is 0. The molecule has 8 heteroatoms. The Morgan fingerprint density at radius 2 is 1.94 bits per heavy atom. The van der Waals surface area contributed by atoms with Crippen LogP contribution < -0.4 is 10.6 Å². The molecule has 1 atom stereocenters. The Morgan fingerprint density at radius 3 is 2.66 bits per heavy atom. The summed E-state index contributed by atoms with van der Waals surface area (Å²) in [5.74, 6) is 0.861. The number of ether oxygens (including phenoxy) is 3. The highest BCUT2D eigenvalue weighted by atomic mass is 16.6. The monoisotopic (exact) mass is 448 g/mol. The summed E-state index contributed by atoms with van der Waals surface area (Å²) < 4.78 is 16.3. The molecule has 0 saturated carbocycles. The maximum atomic E-state index is 12.1. The van der Waals surface area contributed by atoms with Gasteiger partial charge in [0.25, 0.3) is 0 Å². The number of nitrogens with one attached hydrogen (secondary N) is 2. The van der Waals surface area contributed by atoms with Gasteiger partial charge in [0, 0.05) is 26.2 Å². The largest absolute Gasteiger partial charge is 0.444 e. The van der Waals surface area contributed by atoms with Crippen LogP contribution in [0.4, 0.5) is 4.79 Å². The van der Waals surface area contributed by atoms with Crippen LogP contribution in [0.15, 0.2) is 29.3 Å². The Morgan fingerprint density at radius 1 is 1.19 bits per heavy atom. The number of guanidine groups is 1. The van der Waals surface area contributed by atoms with Crippen molar-refractivity contribution < 1.29 is 19.0 Å². The highest BCUT2D eigenvalue weighted by Crippen LogP contribution is 2.13. The van der Waals surface area contributed by atoms with Crippen LogP contribution in [0, 0.1) is 0 Å². The third-order valence-electron chi connectivity index (χ3n) is 4.79. The van der Waals surface area contributed by atoms with Crippen LogP contribution in [-0.4, -0.2) is 68.1 Å². The Balaban J connectivity index is 1.89. The highest BCUT2D eigenvalue weighted by molar-refractivity contribution is 5.80. The molecule has 1 aromatic rings. The Labute approximate surface area is 192 Å². The second-order valence-corrected chi connectivity index (χ2v) is 8.82. The second-order valence-electron chi connectivity index (χ2n) is 8.82. The zero-order valence-electron chi connectivity index (χ0n) is 20.3. The van der Waals surface area contributed by atoms with Crippen LogP contribution in [0.2, 0.25) is 0 Å². The van der Waals surface area contributed by atoms with Crippen LogP contribution in [0.5, 0.6) is 0 Å². The van der Waals surface area contributed by atoms with E-state index in [1.54, 1.807) is 0 Å². The van der Waals surface area contributed by atoms with Gasteiger partial charge in [0.2, 0.25) is 0 Å². The quantitative estimate of drug-likeness (QED) is 0.325. The standard InChI is InChI=1S/C24H40N4O4/c1-6-25-22(28-12-11-21(17-28)27-23(29)32-24(3,4)5)26-16-19-9-8-10-20(15-19)18-31-14-13-30-7-2/h8-10,15,21H,6-7,11-14,16-18H2,1-5H3,(H,25,26)(H,27,29). The molecule has 1 aromatic carbocycles. The number of rotatable bonds is 10. The zero-order valence-corrected chi connectivity index (χ0v) is 20.3. The first-order valence-corrected chi connectivity index (χ1v) is 11.6. The third kappa shape index (κ3) is 9.87. The molecule has 0 bridgehead atoms. The molecular formula is C24H40N4O4. The van der Waals surface area contributed by atoms with E-state index in [9.17, 15) is 4.79 Å². The molecule has 0 aromatic heterocycles. The minimum atomic E-state index is -0.498. The maximum Gasteiger partial charge on any atom is 0.407 e. The number of alkyl carbamates (subject to hydrolysis) is 1. The van der Waals surface area contributed by atoms with Gasteiger partial charge in [-0.05, 0) is 52.2 Å². The number of hydrogen-bond donors (Lipinski definition) is 2. The van der Waals surface area contributed by atoms with E-state index in [1.165, 1.54) is 0 Å². The van der Waals surface area contributed by atoms with Crippen LogP contribution in [0.1, 0.15) is 52.2 Å². The smallest absolute Gasteiger partial charge is 0.407 e. The predicted molar refractivity (Wildman–Crippen MR) is 127 cm³/mol. The zero-order chi connectivity index (χ0) is 23.4. The number of benzene rings is 1. The fraction of sp³-hybridized carbons (Fsp3) is 0.667. The van der Waals surface area contributed by atoms with Gasteiger partial charge in [-0.3, -0.25) is 0 Å².